The van der Waals surface area contributed by atoms with Crippen LogP contribution in [0.15, 0.2) is 72.9 Å². The molecule has 4 rings (SSSR count). The molecule has 5 heteroatoms. The molecule has 0 aliphatic carbocycles. The van der Waals surface area contributed by atoms with Crippen LogP contribution in [0.1, 0.15) is 10.4 Å². The average molecular weight is 370 g/mol. The lowest BCUT2D eigenvalue weighted by atomic mass is 10.1. The molecular formula is C23H22N4O. The number of nitrogens with zero attached hydrogens (tertiary/aromatic N) is 3. The summed E-state index contributed by atoms with van der Waals surface area (Å²) in [5.74, 6) is 0.826. The zero-order chi connectivity index (χ0) is 19.7. The number of hydrogen-bond donors (Lipinski definition) is 1. The molecular weight excluding hydrogens is 348 g/mol. The number of rotatable bonds is 4. The van der Waals surface area contributed by atoms with Crippen molar-refractivity contribution in [3.63, 3.8) is 0 Å². The Balaban J connectivity index is 1.74. The van der Waals surface area contributed by atoms with Crippen molar-refractivity contribution < 1.29 is 4.79 Å². The van der Waals surface area contributed by atoms with Gasteiger partial charge in [-0.2, -0.15) is 0 Å². The van der Waals surface area contributed by atoms with Crippen molar-refractivity contribution in [2.24, 2.45) is 7.05 Å². The summed E-state index contributed by atoms with van der Waals surface area (Å²) in [6.07, 6.45) is 1.82. The van der Waals surface area contributed by atoms with E-state index in [1.54, 1.807) is 19.0 Å². The van der Waals surface area contributed by atoms with Crippen molar-refractivity contribution >= 4 is 28.3 Å². The second-order valence-corrected chi connectivity index (χ2v) is 6.95. The molecule has 0 bridgehead atoms. The van der Waals surface area contributed by atoms with Gasteiger partial charge in [0.1, 0.15) is 5.82 Å². The Labute approximate surface area is 164 Å². The number of carbonyl (C=O) groups is 1. The van der Waals surface area contributed by atoms with E-state index in [0.29, 0.717) is 5.56 Å². The monoisotopic (exact) mass is 370 g/mol. The van der Waals surface area contributed by atoms with Crippen LogP contribution in [0.2, 0.25) is 0 Å². The molecule has 28 heavy (non-hydrogen) atoms. The number of fused-ring (bicyclic) bond motifs is 1. The van der Waals surface area contributed by atoms with Gasteiger partial charge in [-0.05, 0) is 42.0 Å². The van der Waals surface area contributed by atoms with Gasteiger partial charge in [-0.15, -0.1) is 0 Å². The van der Waals surface area contributed by atoms with Crippen molar-refractivity contribution in [3.8, 4) is 11.3 Å². The molecule has 0 spiro atoms. The lowest BCUT2D eigenvalue weighted by molar-refractivity contribution is 0.0827. The van der Waals surface area contributed by atoms with E-state index < -0.39 is 0 Å². The van der Waals surface area contributed by atoms with Crippen LogP contribution in [-0.4, -0.2) is 34.5 Å². The topological polar surface area (TPSA) is 50.2 Å². The Kier molecular flexibility index (Phi) is 4.57. The van der Waals surface area contributed by atoms with Gasteiger partial charge in [0.15, 0.2) is 0 Å². The quantitative estimate of drug-likeness (QED) is 0.567. The Hall–Kier alpha value is -3.60. The molecule has 2 aromatic heterocycles. The summed E-state index contributed by atoms with van der Waals surface area (Å²) in [6.45, 7) is 0. The summed E-state index contributed by atoms with van der Waals surface area (Å²) in [5, 5.41) is 4.45. The van der Waals surface area contributed by atoms with Gasteiger partial charge in [0.2, 0.25) is 0 Å². The molecule has 0 aliphatic heterocycles. The van der Waals surface area contributed by atoms with Crippen LogP contribution in [0.4, 0.5) is 11.5 Å². The van der Waals surface area contributed by atoms with Gasteiger partial charge in [-0.3, -0.25) is 4.79 Å². The molecule has 1 N–H and O–H groups in total. The van der Waals surface area contributed by atoms with Crippen molar-refractivity contribution in [3.05, 3.63) is 78.5 Å². The molecule has 0 atom stereocenters. The van der Waals surface area contributed by atoms with Crippen LogP contribution in [0.25, 0.3) is 22.2 Å². The number of amides is 1. The second-order valence-electron chi connectivity index (χ2n) is 6.95. The number of aryl methyl sites for hydroxylation is 1. The van der Waals surface area contributed by atoms with Crippen LogP contribution in [0.5, 0.6) is 0 Å². The Morgan fingerprint density at radius 1 is 1.00 bits per heavy atom. The standard InChI is InChI=1S/C23H22N4O/c1-26(2)23(28)17-11-9-16(10-12-17)21-15-19-20(27(21)3)13-14-24-22(19)25-18-7-5-4-6-8-18/h4-15H,1-3H3,(H,24,25). The molecule has 1 amide bonds. The lowest BCUT2D eigenvalue weighted by Crippen LogP contribution is -2.21. The van der Waals surface area contributed by atoms with Crippen molar-refractivity contribution in [1.82, 2.24) is 14.5 Å². The third-order valence-corrected chi connectivity index (χ3v) is 4.84. The lowest BCUT2D eigenvalue weighted by Gasteiger charge is -2.11. The summed E-state index contributed by atoms with van der Waals surface area (Å²) < 4.78 is 2.15. The number of aromatic nitrogens is 2. The first kappa shape index (κ1) is 17.8. The highest BCUT2D eigenvalue weighted by atomic mass is 16.2. The van der Waals surface area contributed by atoms with Gasteiger partial charge < -0.3 is 14.8 Å². The van der Waals surface area contributed by atoms with E-state index >= 15 is 0 Å². The third kappa shape index (κ3) is 3.22. The van der Waals surface area contributed by atoms with Gasteiger partial charge >= 0.3 is 0 Å². The van der Waals surface area contributed by atoms with Gasteiger partial charge in [-0.1, -0.05) is 30.3 Å². The van der Waals surface area contributed by atoms with E-state index in [-0.39, 0.29) is 5.91 Å². The summed E-state index contributed by atoms with van der Waals surface area (Å²) in [7, 11) is 5.56. The molecule has 5 nitrogen and oxygen atoms in total. The van der Waals surface area contributed by atoms with Gasteiger partial charge in [0.05, 0.1) is 5.52 Å². The number of hydrogen-bond acceptors (Lipinski definition) is 3. The molecule has 0 saturated heterocycles. The predicted molar refractivity (Wildman–Crippen MR) is 114 cm³/mol. The highest BCUT2D eigenvalue weighted by Gasteiger charge is 2.13. The molecule has 2 heterocycles. The van der Waals surface area contributed by atoms with E-state index in [4.69, 9.17) is 0 Å². The van der Waals surface area contributed by atoms with E-state index in [0.717, 1.165) is 33.7 Å². The highest BCUT2D eigenvalue weighted by molar-refractivity contribution is 5.97. The zero-order valence-electron chi connectivity index (χ0n) is 16.2. The van der Waals surface area contributed by atoms with Gasteiger partial charge in [-0.25, -0.2) is 4.98 Å². The Morgan fingerprint density at radius 2 is 1.71 bits per heavy atom. The number of carbonyl (C=O) groups excluding carboxylic acids is 1. The normalized spacial score (nSPS) is 10.8. The van der Waals surface area contributed by atoms with Crippen LogP contribution >= 0.6 is 0 Å². The molecule has 0 fully saturated rings. The maximum atomic E-state index is 12.1. The van der Waals surface area contributed by atoms with E-state index in [1.165, 1.54) is 0 Å². The van der Waals surface area contributed by atoms with Crippen LogP contribution < -0.4 is 5.32 Å². The molecule has 140 valence electrons. The minimum atomic E-state index is 0.00198. The number of para-hydroxylation sites is 1. The molecule has 0 saturated carbocycles. The minimum Gasteiger partial charge on any atom is -0.345 e. The first-order chi connectivity index (χ1) is 13.5. The summed E-state index contributed by atoms with van der Waals surface area (Å²) in [5.41, 5.74) is 4.90. The molecule has 0 unspecified atom stereocenters. The fourth-order valence-corrected chi connectivity index (χ4v) is 3.34. The molecule has 0 aliphatic rings. The summed E-state index contributed by atoms with van der Waals surface area (Å²) in [4.78, 5) is 18.2. The first-order valence-corrected chi connectivity index (χ1v) is 9.13. The van der Waals surface area contributed by atoms with Crippen LogP contribution in [0, 0.1) is 0 Å². The fourth-order valence-electron chi connectivity index (χ4n) is 3.34. The maximum Gasteiger partial charge on any atom is 0.253 e. The SMILES string of the molecule is CN(C)C(=O)c1ccc(-c2cc3c(Nc4ccccc4)nccc3n2C)cc1. The predicted octanol–water partition coefficient (Wildman–Crippen LogP) is 4.69. The maximum absolute atomic E-state index is 12.1. The van der Waals surface area contributed by atoms with E-state index in [1.807, 2.05) is 73.9 Å². The smallest absolute Gasteiger partial charge is 0.253 e. The molecule has 2 aromatic carbocycles. The molecule has 4 aromatic rings. The average Bonchev–Trinajstić information content (AvgIpc) is 3.06. The number of nitrogens with one attached hydrogen (secondary N) is 1. The fraction of sp³-hybridized carbons (Fsp3) is 0.130. The van der Waals surface area contributed by atoms with Gasteiger partial charge in [0.25, 0.3) is 5.91 Å². The Morgan fingerprint density at radius 3 is 2.39 bits per heavy atom. The highest BCUT2D eigenvalue weighted by Crippen LogP contribution is 2.32. The van der Waals surface area contributed by atoms with Crippen LogP contribution in [0.3, 0.4) is 0 Å². The van der Waals surface area contributed by atoms with Crippen molar-refractivity contribution in [2.45, 2.75) is 0 Å². The van der Waals surface area contributed by atoms with E-state index in [2.05, 4.69) is 20.9 Å². The van der Waals surface area contributed by atoms with Gasteiger partial charge in [0, 0.05) is 49.7 Å². The number of benzene rings is 2. The molecule has 0 radical (unpaired) electrons. The van der Waals surface area contributed by atoms with E-state index in [9.17, 15) is 4.79 Å². The number of pyridine rings is 1. The zero-order valence-corrected chi connectivity index (χ0v) is 16.2. The Bertz CT molecular complexity index is 1130. The largest absolute Gasteiger partial charge is 0.345 e. The number of anilines is 2. The first-order valence-electron chi connectivity index (χ1n) is 9.13. The summed E-state index contributed by atoms with van der Waals surface area (Å²) >= 11 is 0. The van der Waals surface area contributed by atoms with Crippen molar-refractivity contribution in [1.29, 1.82) is 0 Å². The minimum absolute atomic E-state index is 0.00198. The summed E-state index contributed by atoms with van der Waals surface area (Å²) in [6, 6.07) is 21.9. The van der Waals surface area contributed by atoms with Crippen molar-refractivity contribution in [2.75, 3.05) is 19.4 Å². The third-order valence-electron chi connectivity index (χ3n) is 4.84. The van der Waals surface area contributed by atoms with Crippen LogP contribution in [-0.2, 0) is 7.05 Å². The second kappa shape index (κ2) is 7.19.